The molecule has 0 heterocycles. The predicted molar refractivity (Wildman–Crippen MR) is 75.1 cm³/mol. The highest BCUT2D eigenvalue weighted by molar-refractivity contribution is 7.92. The van der Waals surface area contributed by atoms with Crippen LogP contribution in [0.15, 0.2) is 47.4 Å². The molecule has 0 spiro atoms. The monoisotopic (exact) mass is 297 g/mol. The standard InChI is InChI=1S/C13H12ClNO3S/c1-9-7-10(14)5-6-13(9)15-19(17,18)12-4-2-3-11(16)8-12/h2-8,15-16H,1H3. The Morgan fingerprint density at radius 2 is 1.89 bits per heavy atom. The Balaban J connectivity index is 2.36. The van der Waals surface area contributed by atoms with Crippen molar-refractivity contribution in [2.24, 2.45) is 0 Å². The molecule has 0 saturated carbocycles. The fourth-order valence-electron chi connectivity index (χ4n) is 1.60. The van der Waals surface area contributed by atoms with Gasteiger partial charge in [-0.05, 0) is 42.8 Å². The molecule has 0 saturated heterocycles. The molecule has 0 unspecified atom stereocenters. The minimum absolute atomic E-state index is 0.00171. The first-order chi connectivity index (χ1) is 8.88. The van der Waals surface area contributed by atoms with E-state index in [2.05, 4.69) is 4.72 Å². The fourth-order valence-corrected chi connectivity index (χ4v) is 2.99. The SMILES string of the molecule is Cc1cc(Cl)ccc1NS(=O)(=O)c1cccc(O)c1. The number of phenolic OH excluding ortho intramolecular Hbond substituents is 1. The highest BCUT2D eigenvalue weighted by atomic mass is 35.5. The number of hydrogen-bond donors (Lipinski definition) is 2. The van der Waals surface area contributed by atoms with Crippen LogP contribution < -0.4 is 4.72 Å². The van der Waals surface area contributed by atoms with E-state index in [-0.39, 0.29) is 10.6 Å². The molecule has 6 heteroatoms. The number of benzene rings is 2. The van der Waals surface area contributed by atoms with E-state index in [1.165, 1.54) is 24.3 Å². The van der Waals surface area contributed by atoms with Gasteiger partial charge in [-0.3, -0.25) is 4.72 Å². The first-order valence-corrected chi connectivity index (χ1v) is 7.32. The first-order valence-electron chi connectivity index (χ1n) is 5.46. The van der Waals surface area contributed by atoms with Gasteiger partial charge in [0.2, 0.25) is 0 Å². The number of nitrogens with one attached hydrogen (secondary N) is 1. The average Bonchev–Trinajstić information content (AvgIpc) is 2.33. The highest BCUT2D eigenvalue weighted by Gasteiger charge is 2.15. The number of hydrogen-bond acceptors (Lipinski definition) is 3. The largest absolute Gasteiger partial charge is 0.508 e. The van der Waals surface area contributed by atoms with Gasteiger partial charge in [0.1, 0.15) is 5.75 Å². The summed E-state index contributed by atoms with van der Waals surface area (Å²) in [5.74, 6) is -0.101. The molecule has 0 amide bonds. The van der Waals surface area contributed by atoms with Crippen molar-refractivity contribution in [2.45, 2.75) is 11.8 Å². The second-order valence-corrected chi connectivity index (χ2v) is 6.18. The van der Waals surface area contributed by atoms with Gasteiger partial charge in [0.25, 0.3) is 10.0 Å². The zero-order valence-electron chi connectivity index (χ0n) is 10.1. The van der Waals surface area contributed by atoms with Gasteiger partial charge in [0.15, 0.2) is 0 Å². The summed E-state index contributed by atoms with van der Waals surface area (Å²) in [6.07, 6.45) is 0. The number of sulfonamides is 1. The maximum atomic E-state index is 12.1. The molecule has 100 valence electrons. The van der Waals surface area contributed by atoms with Crippen molar-refractivity contribution in [2.75, 3.05) is 4.72 Å². The van der Waals surface area contributed by atoms with Gasteiger partial charge in [-0.25, -0.2) is 8.42 Å². The van der Waals surface area contributed by atoms with Crippen LogP contribution in [0.4, 0.5) is 5.69 Å². The van der Waals surface area contributed by atoms with Crippen molar-refractivity contribution in [1.82, 2.24) is 0 Å². The molecule has 0 aromatic heterocycles. The van der Waals surface area contributed by atoms with Crippen LogP contribution in [-0.2, 0) is 10.0 Å². The van der Waals surface area contributed by atoms with Crippen LogP contribution in [-0.4, -0.2) is 13.5 Å². The van der Waals surface area contributed by atoms with Crippen LogP contribution in [0, 0.1) is 6.92 Å². The summed E-state index contributed by atoms with van der Waals surface area (Å²) in [7, 11) is -3.72. The van der Waals surface area contributed by atoms with Crippen LogP contribution >= 0.6 is 11.6 Å². The Morgan fingerprint density at radius 1 is 1.16 bits per heavy atom. The van der Waals surface area contributed by atoms with Crippen molar-refractivity contribution in [3.8, 4) is 5.75 Å². The molecule has 19 heavy (non-hydrogen) atoms. The zero-order chi connectivity index (χ0) is 14.0. The van der Waals surface area contributed by atoms with Gasteiger partial charge >= 0.3 is 0 Å². The lowest BCUT2D eigenvalue weighted by molar-refractivity contribution is 0.473. The molecule has 0 radical (unpaired) electrons. The second kappa shape index (κ2) is 5.11. The molecule has 2 rings (SSSR count). The summed E-state index contributed by atoms with van der Waals surface area (Å²) in [4.78, 5) is 0.00171. The van der Waals surface area contributed by atoms with Crippen molar-refractivity contribution < 1.29 is 13.5 Å². The smallest absolute Gasteiger partial charge is 0.262 e. The van der Waals surface area contributed by atoms with Crippen LogP contribution in [0.1, 0.15) is 5.56 Å². The normalized spacial score (nSPS) is 11.3. The van der Waals surface area contributed by atoms with E-state index in [9.17, 15) is 13.5 Å². The summed E-state index contributed by atoms with van der Waals surface area (Å²) in [5.41, 5.74) is 1.17. The molecule has 0 bridgehead atoms. The maximum absolute atomic E-state index is 12.1. The minimum Gasteiger partial charge on any atom is -0.508 e. The van der Waals surface area contributed by atoms with E-state index in [4.69, 9.17) is 11.6 Å². The summed E-state index contributed by atoms with van der Waals surface area (Å²) in [6.45, 7) is 1.76. The van der Waals surface area contributed by atoms with Crippen molar-refractivity contribution >= 4 is 27.3 Å². The molecular formula is C13H12ClNO3S. The van der Waals surface area contributed by atoms with E-state index >= 15 is 0 Å². The van der Waals surface area contributed by atoms with Gasteiger partial charge < -0.3 is 5.11 Å². The lowest BCUT2D eigenvalue weighted by Gasteiger charge is -2.11. The van der Waals surface area contributed by atoms with E-state index < -0.39 is 10.0 Å². The first kappa shape index (κ1) is 13.7. The summed E-state index contributed by atoms with van der Waals surface area (Å²) >= 11 is 5.82. The van der Waals surface area contributed by atoms with Crippen molar-refractivity contribution in [3.63, 3.8) is 0 Å². The number of aryl methyl sites for hydroxylation is 1. The molecule has 0 aliphatic rings. The minimum atomic E-state index is -3.72. The van der Waals surface area contributed by atoms with Crippen molar-refractivity contribution in [1.29, 1.82) is 0 Å². The lowest BCUT2D eigenvalue weighted by atomic mass is 10.2. The molecule has 2 aromatic carbocycles. The molecule has 0 aliphatic heterocycles. The van der Waals surface area contributed by atoms with Gasteiger partial charge in [-0.15, -0.1) is 0 Å². The fraction of sp³-hybridized carbons (Fsp3) is 0.0769. The highest BCUT2D eigenvalue weighted by Crippen LogP contribution is 2.24. The quantitative estimate of drug-likeness (QED) is 0.914. The van der Waals surface area contributed by atoms with Gasteiger partial charge in [-0.1, -0.05) is 17.7 Å². The summed E-state index contributed by atoms with van der Waals surface area (Å²) in [5, 5.41) is 9.86. The molecule has 0 aliphatic carbocycles. The predicted octanol–water partition coefficient (Wildman–Crippen LogP) is 3.15. The van der Waals surface area contributed by atoms with Crippen LogP contribution in [0.2, 0.25) is 5.02 Å². The van der Waals surface area contributed by atoms with E-state index in [1.807, 2.05) is 0 Å². The molecular weight excluding hydrogens is 286 g/mol. The van der Waals surface area contributed by atoms with Gasteiger partial charge in [0.05, 0.1) is 10.6 Å². The average molecular weight is 298 g/mol. The Labute approximate surface area is 116 Å². The lowest BCUT2D eigenvalue weighted by Crippen LogP contribution is -2.13. The third-order valence-corrected chi connectivity index (χ3v) is 4.16. The Hall–Kier alpha value is -1.72. The number of anilines is 1. The summed E-state index contributed by atoms with van der Waals surface area (Å²) in [6, 6.07) is 10.3. The van der Waals surface area contributed by atoms with Crippen LogP contribution in [0.25, 0.3) is 0 Å². The zero-order valence-corrected chi connectivity index (χ0v) is 11.7. The van der Waals surface area contributed by atoms with Gasteiger partial charge in [0, 0.05) is 11.1 Å². The van der Waals surface area contributed by atoms with E-state index in [0.29, 0.717) is 10.7 Å². The molecule has 4 nitrogen and oxygen atoms in total. The number of aromatic hydroxyl groups is 1. The molecule has 0 fully saturated rings. The number of rotatable bonds is 3. The Kier molecular flexibility index (Phi) is 3.68. The summed E-state index contributed by atoms with van der Waals surface area (Å²) < 4.78 is 26.7. The van der Waals surface area contributed by atoms with Crippen LogP contribution in [0.5, 0.6) is 5.75 Å². The molecule has 2 aromatic rings. The number of halogens is 1. The topological polar surface area (TPSA) is 66.4 Å². The van der Waals surface area contributed by atoms with E-state index in [0.717, 1.165) is 5.56 Å². The van der Waals surface area contributed by atoms with Gasteiger partial charge in [-0.2, -0.15) is 0 Å². The molecule has 0 atom stereocenters. The van der Waals surface area contributed by atoms with Crippen LogP contribution in [0.3, 0.4) is 0 Å². The molecule has 2 N–H and O–H groups in total. The third kappa shape index (κ3) is 3.19. The second-order valence-electron chi connectivity index (χ2n) is 4.06. The number of phenols is 1. The Morgan fingerprint density at radius 3 is 2.53 bits per heavy atom. The Bertz CT molecular complexity index is 714. The third-order valence-electron chi connectivity index (χ3n) is 2.56. The maximum Gasteiger partial charge on any atom is 0.262 e. The van der Waals surface area contributed by atoms with E-state index in [1.54, 1.807) is 25.1 Å². The van der Waals surface area contributed by atoms with Crippen molar-refractivity contribution in [3.05, 3.63) is 53.1 Å².